The summed E-state index contributed by atoms with van der Waals surface area (Å²) in [5.41, 5.74) is 4.77. The number of carbonyl (C=O) groups is 1. The summed E-state index contributed by atoms with van der Waals surface area (Å²) in [7, 11) is 1.61. The number of hydrogen-bond acceptors (Lipinski definition) is 2. The smallest absolute Gasteiger partial charge is 0.251 e. The number of halogens is 1. The minimum Gasteiger partial charge on any atom is -0.460 e. The van der Waals surface area contributed by atoms with E-state index in [1.807, 2.05) is 24.3 Å². The second-order valence-electron chi connectivity index (χ2n) is 6.76. The quantitative estimate of drug-likeness (QED) is 0.861. The van der Waals surface area contributed by atoms with Gasteiger partial charge in [-0.05, 0) is 60.4 Å². The summed E-state index contributed by atoms with van der Waals surface area (Å²) in [6, 6.07) is 16.2. The van der Waals surface area contributed by atoms with E-state index in [1.54, 1.807) is 19.2 Å². The van der Waals surface area contributed by atoms with Gasteiger partial charge in [-0.25, -0.2) is 4.39 Å². The molecule has 2 aromatic rings. The summed E-state index contributed by atoms with van der Waals surface area (Å²) in [5.74, 6) is 0.635. The molecule has 4 rings (SSSR count). The summed E-state index contributed by atoms with van der Waals surface area (Å²) < 4.78 is 19.4. The van der Waals surface area contributed by atoms with E-state index in [1.165, 1.54) is 17.7 Å². The first-order valence-electron chi connectivity index (χ1n) is 8.95. The van der Waals surface area contributed by atoms with E-state index in [0.717, 1.165) is 16.9 Å². The maximum absolute atomic E-state index is 13.3. The monoisotopic (exact) mass is 361 g/mol. The van der Waals surface area contributed by atoms with Crippen molar-refractivity contribution in [1.29, 1.82) is 0 Å². The van der Waals surface area contributed by atoms with Crippen molar-refractivity contribution in [3.63, 3.8) is 0 Å². The lowest BCUT2D eigenvalue weighted by atomic mass is 9.81. The molecule has 4 heteroatoms. The van der Waals surface area contributed by atoms with Crippen molar-refractivity contribution in [2.75, 3.05) is 7.05 Å². The Kier molecular flexibility index (Phi) is 4.40. The number of allylic oxidation sites excluding steroid dienone is 4. The Morgan fingerprint density at radius 3 is 2.44 bits per heavy atom. The maximum Gasteiger partial charge on any atom is 0.251 e. The topological polar surface area (TPSA) is 38.3 Å². The summed E-state index contributed by atoms with van der Waals surface area (Å²) in [5, 5.41) is 2.72. The Hall–Kier alpha value is -3.14. The second-order valence-corrected chi connectivity index (χ2v) is 6.76. The third-order valence-electron chi connectivity index (χ3n) is 5.10. The van der Waals surface area contributed by atoms with Gasteiger partial charge in [0.25, 0.3) is 5.91 Å². The van der Waals surface area contributed by atoms with Gasteiger partial charge in [0.1, 0.15) is 17.3 Å². The third kappa shape index (κ3) is 3.08. The number of ether oxygens (including phenoxy) is 1. The minimum atomic E-state index is -0.320. The number of carbonyl (C=O) groups excluding carboxylic acids is 1. The van der Waals surface area contributed by atoms with Crippen LogP contribution in [0.25, 0.3) is 11.3 Å². The first-order valence-corrected chi connectivity index (χ1v) is 8.95. The van der Waals surface area contributed by atoms with Gasteiger partial charge in [-0.1, -0.05) is 30.3 Å². The maximum atomic E-state index is 13.3. The molecule has 0 spiro atoms. The van der Waals surface area contributed by atoms with Crippen LogP contribution in [0.2, 0.25) is 0 Å². The normalized spacial score (nSPS) is 18.8. The van der Waals surface area contributed by atoms with Gasteiger partial charge in [0.2, 0.25) is 0 Å². The zero-order chi connectivity index (χ0) is 19.0. The van der Waals surface area contributed by atoms with Crippen LogP contribution in [0.15, 0.2) is 77.6 Å². The summed E-state index contributed by atoms with van der Waals surface area (Å²) >= 11 is 0. The first kappa shape index (κ1) is 17.3. The minimum absolute atomic E-state index is 0.149. The Morgan fingerprint density at radius 2 is 1.78 bits per heavy atom. The number of benzene rings is 2. The lowest BCUT2D eigenvalue weighted by Gasteiger charge is -2.22. The SMILES string of the molecule is CNC(=O)C1=C(c2ccc(F)cc2)OC2=CC(C)=C(c3ccccc3)CC21. The van der Waals surface area contributed by atoms with Crippen LogP contribution in [0.1, 0.15) is 24.5 Å². The van der Waals surface area contributed by atoms with Crippen LogP contribution in [0, 0.1) is 11.7 Å². The fourth-order valence-electron chi connectivity index (χ4n) is 3.74. The number of likely N-dealkylation sites (N-methyl/N-ethyl adjacent to an activating group) is 1. The van der Waals surface area contributed by atoms with Gasteiger partial charge in [-0.15, -0.1) is 0 Å². The molecule has 1 N–H and O–H groups in total. The van der Waals surface area contributed by atoms with Gasteiger partial charge in [0.05, 0.1) is 11.5 Å². The summed E-state index contributed by atoms with van der Waals surface area (Å²) in [6.45, 7) is 2.06. The van der Waals surface area contributed by atoms with Crippen LogP contribution < -0.4 is 5.32 Å². The Balaban J connectivity index is 1.79. The van der Waals surface area contributed by atoms with Crippen molar-refractivity contribution in [2.45, 2.75) is 13.3 Å². The largest absolute Gasteiger partial charge is 0.460 e. The van der Waals surface area contributed by atoms with E-state index < -0.39 is 0 Å². The van der Waals surface area contributed by atoms with Gasteiger partial charge in [-0.3, -0.25) is 4.79 Å². The molecule has 3 nitrogen and oxygen atoms in total. The van der Waals surface area contributed by atoms with E-state index in [4.69, 9.17) is 4.74 Å². The fraction of sp³-hybridized carbons (Fsp3) is 0.174. The lowest BCUT2D eigenvalue weighted by Crippen LogP contribution is -2.25. The molecule has 1 aliphatic carbocycles. The van der Waals surface area contributed by atoms with Crippen molar-refractivity contribution in [3.05, 3.63) is 94.5 Å². The number of amides is 1. The third-order valence-corrected chi connectivity index (χ3v) is 5.10. The first-order chi connectivity index (χ1) is 13.1. The molecule has 0 radical (unpaired) electrons. The highest BCUT2D eigenvalue weighted by Gasteiger charge is 2.39. The predicted molar refractivity (Wildman–Crippen MR) is 104 cm³/mol. The van der Waals surface area contributed by atoms with Crippen LogP contribution in [-0.2, 0) is 9.53 Å². The second kappa shape index (κ2) is 6.88. The Labute approximate surface area is 157 Å². The molecule has 1 amide bonds. The van der Waals surface area contributed by atoms with E-state index in [-0.39, 0.29) is 17.6 Å². The number of nitrogens with one attached hydrogen (secondary N) is 1. The highest BCUT2D eigenvalue weighted by Crippen LogP contribution is 2.47. The Morgan fingerprint density at radius 1 is 1.07 bits per heavy atom. The molecular formula is C23H20FNO2. The van der Waals surface area contributed by atoms with E-state index in [0.29, 0.717) is 23.3 Å². The van der Waals surface area contributed by atoms with Crippen LogP contribution in [0.3, 0.4) is 0 Å². The average Bonchev–Trinajstić information content (AvgIpc) is 3.06. The summed E-state index contributed by atoms with van der Waals surface area (Å²) in [6.07, 6.45) is 2.70. The van der Waals surface area contributed by atoms with E-state index >= 15 is 0 Å². The molecule has 2 aromatic carbocycles. The van der Waals surface area contributed by atoms with Crippen LogP contribution >= 0.6 is 0 Å². The van der Waals surface area contributed by atoms with Crippen LogP contribution in [-0.4, -0.2) is 13.0 Å². The molecule has 2 aliphatic rings. The molecule has 27 heavy (non-hydrogen) atoms. The predicted octanol–water partition coefficient (Wildman–Crippen LogP) is 4.69. The molecule has 0 saturated carbocycles. The highest BCUT2D eigenvalue weighted by atomic mass is 19.1. The Bertz CT molecular complexity index is 985. The molecular weight excluding hydrogens is 341 g/mol. The van der Waals surface area contributed by atoms with Gasteiger partial charge < -0.3 is 10.1 Å². The molecule has 1 heterocycles. The number of hydrogen-bond donors (Lipinski definition) is 1. The molecule has 1 atom stereocenters. The van der Waals surface area contributed by atoms with Crippen molar-refractivity contribution < 1.29 is 13.9 Å². The number of fused-ring (bicyclic) bond motifs is 1. The van der Waals surface area contributed by atoms with Crippen LogP contribution in [0.4, 0.5) is 4.39 Å². The molecule has 0 bridgehead atoms. The average molecular weight is 361 g/mol. The van der Waals surface area contributed by atoms with Crippen molar-refractivity contribution in [3.8, 4) is 0 Å². The molecule has 0 fully saturated rings. The zero-order valence-electron chi connectivity index (χ0n) is 15.3. The van der Waals surface area contributed by atoms with Crippen molar-refractivity contribution >= 4 is 17.2 Å². The molecule has 1 unspecified atom stereocenters. The van der Waals surface area contributed by atoms with E-state index in [2.05, 4.69) is 24.4 Å². The fourth-order valence-corrected chi connectivity index (χ4v) is 3.74. The van der Waals surface area contributed by atoms with Gasteiger partial charge in [0.15, 0.2) is 0 Å². The van der Waals surface area contributed by atoms with E-state index in [9.17, 15) is 9.18 Å². The van der Waals surface area contributed by atoms with Gasteiger partial charge in [0, 0.05) is 12.6 Å². The number of rotatable bonds is 3. The molecule has 0 aromatic heterocycles. The standard InChI is InChI=1S/C23H20FNO2/c1-14-12-20-19(13-18(14)15-6-4-3-5-7-15)21(23(26)25-2)22(27-20)16-8-10-17(24)11-9-16/h3-12,19H,13H2,1-2H3,(H,25,26). The highest BCUT2D eigenvalue weighted by molar-refractivity contribution is 6.02. The van der Waals surface area contributed by atoms with Crippen LogP contribution in [0.5, 0.6) is 0 Å². The molecule has 136 valence electrons. The lowest BCUT2D eigenvalue weighted by molar-refractivity contribution is -0.117. The molecule has 1 aliphatic heterocycles. The summed E-state index contributed by atoms with van der Waals surface area (Å²) in [4.78, 5) is 12.7. The zero-order valence-corrected chi connectivity index (χ0v) is 15.3. The van der Waals surface area contributed by atoms with Crippen molar-refractivity contribution in [1.82, 2.24) is 5.32 Å². The van der Waals surface area contributed by atoms with Gasteiger partial charge in [-0.2, -0.15) is 0 Å². The molecule has 0 saturated heterocycles. The van der Waals surface area contributed by atoms with Crippen molar-refractivity contribution in [2.24, 2.45) is 5.92 Å². The van der Waals surface area contributed by atoms with Gasteiger partial charge >= 0.3 is 0 Å².